The molecule has 0 unspecified atom stereocenters. The Bertz CT molecular complexity index is 738. The van der Waals surface area contributed by atoms with Gasteiger partial charge in [-0.05, 0) is 13.8 Å². The highest BCUT2D eigenvalue weighted by molar-refractivity contribution is 5.43. The lowest BCUT2D eigenvalue weighted by atomic mass is 10.2. The molecule has 8 heteroatoms. The van der Waals surface area contributed by atoms with Gasteiger partial charge in [-0.25, -0.2) is 14.4 Å². The van der Waals surface area contributed by atoms with Gasteiger partial charge in [0.1, 0.15) is 0 Å². The molecule has 0 aliphatic carbocycles. The number of fused-ring (bicyclic) bond motifs is 1. The highest BCUT2D eigenvalue weighted by Crippen LogP contribution is 2.31. The fourth-order valence-corrected chi connectivity index (χ4v) is 3.47. The lowest BCUT2D eigenvalue weighted by Gasteiger charge is -2.26. The summed E-state index contributed by atoms with van der Waals surface area (Å²) in [6.07, 6.45) is 2.43. The van der Waals surface area contributed by atoms with Gasteiger partial charge in [-0.15, -0.1) is 0 Å². The smallest absolute Gasteiger partial charge is 0.226 e. The third-order valence-electron chi connectivity index (χ3n) is 4.75. The lowest BCUT2D eigenvalue weighted by molar-refractivity contribution is 0.0334. The maximum atomic E-state index is 13.1. The number of ether oxygens (including phenoxy) is 1. The van der Waals surface area contributed by atoms with E-state index in [0.717, 1.165) is 38.5 Å². The van der Waals surface area contributed by atoms with Gasteiger partial charge in [0, 0.05) is 31.2 Å². The maximum Gasteiger partial charge on any atom is 0.226 e. The van der Waals surface area contributed by atoms with Crippen molar-refractivity contribution in [2.24, 2.45) is 0 Å². The minimum atomic E-state index is -0.415. The highest BCUT2D eigenvalue weighted by Gasteiger charge is 2.30. The molecule has 1 fully saturated rings. The first-order chi connectivity index (χ1) is 12.1. The molecule has 4 rings (SSSR count). The molecule has 25 heavy (non-hydrogen) atoms. The fraction of sp³-hybridized carbons (Fsp3) is 0.588. The molecule has 0 aromatic carbocycles. The van der Waals surface area contributed by atoms with Crippen molar-refractivity contribution in [2.45, 2.75) is 39.5 Å². The Kier molecular flexibility index (Phi) is 4.39. The van der Waals surface area contributed by atoms with Crippen LogP contribution in [0.15, 0.2) is 12.4 Å². The van der Waals surface area contributed by atoms with E-state index in [1.807, 2.05) is 0 Å². The van der Waals surface area contributed by atoms with Crippen LogP contribution < -0.4 is 4.90 Å². The minimum Gasteiger partial charge on any atom is -0.379 e. The first-order valence-electron chi connectivity index (χ1n) is 8.73. The van der Waals surface area contributed by atoms with Crippen LogP contribution in [0.25, 0.3) is 0 Å². The Labute approximate surface area is 146 Å². The summed E-state index contributed by atoms with van der Waals surface area (Å²) in [4.78, 5) is 12.7. The third-order valence-corrected chi connectivity index (χ3v) is 4.75. The third kappa shape index (κ3) is 3.23. The van der Waals surface area contributed by atoms with E-state index in [1.54, 1.807) is 0 Å². The van der Waals surface area contributed by atoms with E-state index in [4.69, 9.17) is 9.84 Å². The second-order valence-corrected chi connectivity index (χ2v) is 6.86. The number of nitrogens with zero attached hydrogens (tertiary/aromatic N) is 6. The summed E-state index contributed by atoms with van der Waals surface area (Å²) in [6, 6.07) is 0.293. The normalized spacial score (nSPS) is 18.2. The molecule has 0 radical (unpaired) electrons. The van der Waals surface area contributed by atoms with Crippen molar-refractivity contribution in [1.82, 2.24) is 24.6 Å². The average Bonchev–Trinajstić information content (AvgIpc) is 3.17. The molecule has 0 atom stereocenters. The molecule has 2 aliphatic rings. The van der Waals surface area contributed by atoms with Crippen LogP contribution in [0.5, 0.6) is 0 Å². The predicted octanol–water partition coefficient (Wildman–Crippen LogP) is 1.75. The van der Waals surface area contributed by atoms with E-state index >= 15 is 0 Å². The second-order valence-electron chi connectivity index (χ2n) is 6.86. The van der Waals surface area contributed by atoms with E-state index < -0.39 is 5.82 Å². The largest absolute Gasteiger partial charge is 0.379 e. The molecule has 0 spiro atoms. The Balaban J connectivity index is 1.59. The van der Waals surface area contributed by atoms with Gasteiger partial charge in [-0.3, -0.25) is 9.58 Å². The van der Waals surface area contributed by atoms with E-state index in [9.17, 15) is 4.39 Å². The lowest BCUT2D eigenvalue weighted by Crippen LogP contribution is -2.36. The molecule has 4 heterocycles. The zero-order valence-corrected chi connectivity index (χ0v) is 14.7. The van der Waals surface area contributed by atoms with Crippen molar-refractivity contribution in [3.63, 3.8) is 0 Å². The Hall–Kier alpha value is -2.06. The van der Waals surface area contributed by atoms with Gasteiger partial charge in [0.05, 0.1) is 50.1 Å². The summed E-state index contributed by atoms with van der Waals surface area (Å²) in [7, 11) is 0. The maximum absolute atomic E-state index is 13.1. The zero-order chi connectivity index (χ0) is 17.4. The molecule has 134 valence electrons. The molecular formula is C17H23FN6O. The summed E-state index contributed by atoms with van der Waals surface area (Å²) in [5, 5.41) is 4.87. The number of hydrogen-bond donors (Lipinski definition) is 0. The van der Waals surface area contributed by atoms with Crippen molar-refractivity contribution in [3.05, 3.63) is 35.2 Å². The van der Waals surface area contributed by atoms with Crippen LogP contribution in [0.4, 0.5) is 10.3 Å². The van der Waals surface area contributed by atoms with Crippen molar-refractivity contribution in [1.29, 1.82) is 0 Å². The summed E-state index contributed by atoms with van der Waals surface area (Å²) < 4.78 is 20.6. The highest BCUT2D eigenvalue weighted by atomic mass is 19.1. The molecule has 0 bridgehead atoms. The molecule has 2 aromatic rings. The molecule has 0 N–H and O–H groups in total. The van der Waals surface area contributed by atoms with Gasteiger partial charge in [0.2, 0.25) is 5.95 Å². The standard InChI is InChI=1S/C17H23FN6O/c1-12(2)24-16-11-23(17-19-7-13(18)8-20-17)9-14(16)15(21-24)10-22-3-5-25-6-4-22/h7-8,12H,3-6,9-11H2,1-2H3. The zero-order valence-electron chi connectivity index (χ0n) is 14.7. The molecule has 2 aromatic heterocycles. The number of halogens is 1. The van der Waals surface area contributed by atoms with Crippen LogP contribution in [0.1, 0.15) is 36.8 Å². The van der Waals surface area contributed by atoms with E-state index in [0.29, 0.717) is 25.1 Å². The first kappa shape index (κ1) is 16.4. The van der Waals surface area contributed by atoms with Crippen molar-refractivity contribution >= 4 is 5.95 Å². The minimum absolute atomic E-state index is 0.293. The SMILES string of the molecule is CC(C)n1nc(CN2CCOCC2)c2c1CN(c1ncc(F)cn1)C2. The topological polar surface area (TPSA) is 59.3 Å². The number of rotatable bonds is 4. The summed E-state index contributed by atoms with van der Waals surface area (Å²) in [5.41, 5.74) is 3.59. The fourth-order valence-electron chi connectivity index (χ4n) is 3.47. The Morgan fingerprint density at radius 3 is 2.56 bits per heavy atom. The van der Waals surface area contributed by atoms with E-state index in [2.05, 4.69) is 38.3 Å². The summed E-state index contributed by atoms with van der Waals surface area (Å²) >= 11 is 0. The molecule has 7 nitrogen and oxygen atoms in total. The molecule has 0 amide bonds. The summed E-state index contributed by atoms with van der Waals surface area (Å²) in [6.45, 7) is 9.98. The first-order valence-corrected chi connectivity index (χ1v) is 8.73. The molecular weight excluding hydrogens is 323 g/mol. The van der Waals surface area contributed by atoms with Crippen molar-refractivity contribution < 1.29 is 9.13 Å². The van der Waals surface area contributed by atoms with Crippen LogP contribution in [0, 0.1) is 5.82 Å². The molecule has 0 saturated carbocycles. The Morgan fingerprint density at radius 1 is 1.16 bits per heavy atom. The summed E-state index contributed by atoms with van der Waals surface area (Å²) in [5.74, 6) is 0.145. The number of morpholine rings is 1. The molecule has 1 saturated heterocycles. The van der Waals surface area contributed by atoms with Gasteiger partial charge in [-0.1, -0.05) is 0 Å². The predicted molar refractivity (Wildman–Crippen MR) is 90.6 cm³/mol. The van der Waals surface area contributed by atoms with Gasteiger partial charge in [-0.2, -0.15) is 5.10 Å². The van der Waals surface area contributed by atoms with E-state index in [1.165, 1.54) is 23.7 Å². The van der Waals surface area contributed by atoms with Crippen LogP contribution in [-0.2, 0) is 24.4 Å². The average molecular weight is 346 g/mol. The van der Waals surface area contributed by atoms with Gasteiger partial charge < -0.3 is 9.64 Å². The van der Waals surface area contributed by atoms with Crippen LogP contribution in [0.2, 0.25) is 0 Å². The van der Waals surface area contributed by atoms with Crippen LogP contribution in [0.3, 0.4) is 0 Å². The second kappa shape index (κ2) is 6.68. The van der Waals surface area contributed by atoms with Gasteiger partial charge in [0.15, 0.2) is 5.82 Å². The van der Waals surface area contributed by atoms with Crippen LogP contribution >= 0.6 is 0 Å². The van der Waals surface area contributed by atoms with Crippen molar-refractivity contribution in [2.75, 3.05) is 31.2 Å². The monoisotopic (exact) mass is 346 g/mol. The quantitative estimate of drug-likeness (QED) is 0.841. The van der Waals surface area contributed by atoms with Crippen molar-refractivity contribution in [3.8, 4) is 0 Å². The van der Waals surface area contributed by atoms with Gasteiger partial charge in [0.25, 0.3) is 0 Å². The van der Waals surface area contributed by atoms with E-state index in [-0.39, 0.29) is 0 Å². The van der Waals surface area contributed by atoms with Crippen LogP contribution in [-0.4, -0.2) is 51.0 Å². The number of hydrogen-bond acceptors (Lipinski definition) is 6. The van der Waals surface area contributed by atoms with Gasteiger partial charge >= 0.3 is 0 Å². The Morgan fingerprint density at radius 2 is 1.88 bits per heavy atom. The molecule has 2 aliphatic heterocycles. The number of anilines is 1. The number of aromatic nitrogens is 4.